The number of carbonyl (C=O) groups is 1. The van der Waals surface area contributed by atoms with Gasteiger partial charge in [-0.25, -0.2) is 0 Å². The van der Waals surface area contributed by atoms with Crippen LogP contribution in [-0.2, 0) is 30.7 Å². The SMILES string of the molecule is O=C1CCC(Cc2ccccc2-c2ccccc2Cc2ccc(=O)n(Cc3ccccc3)c2)=CN1Cc1ccccc1. The van der Waals surface area contributed by atoms with Crippen molar-refractivity contribution in [2.24, 2.45) is 0 Å². The summed E-state index contributed by atoms with van der Waals surface area (Å²) >= 11 is 0. The molecule has 0 bridgehead atoms. The first-order chi connectivity index (χ1) is 20.6. The lowest BCUT2D eigenvalue weighted by atomic mass is 9.89. The zero-order chi connectivity index (χ0) is 28.7. The summed E-state index contributed by atoms with van der Waals surface area (Å²) in [7, 11) is 0. The van der Waals surface area contributed by atoms with Gasteiger partial charge in [-0.3, -0.25) is 9.59 Å². The molecule has 1 amide bonds. The van der Waals surface area contributed by atoms with Gasteiger partial charge in [0.25, 0.3) is 5.56 Å². The Morgan fingerprint density at radius 3 is 1.76 bits per heavy atom. The van der Waals surface area contributed by atoms with Crippen molar-refractivity contribution in [3.05, 3.63) is 177 Å². The topological polar surface area (TPSA) is 42.3 Å². The van der Waals surface area contributed by atoms with Gasteiger partial charge in [-0.15, -0.1) is 0 Å². The van der Waals surface area contributed by atoms with Gasteiger partial charge < -0.3 is 9.47 Å². The molecule has 1 aromatic heterocycles. The number of benzene rings is 4. The molecule has 0 atom stereocenters. The molecule has 208 valence electrons. The van der Waals surface area contributed by atoms with Gasteiger partial charge in [0.05, 0.1) is 13.1 Å². The standard InChI is InChI=1S/C38H34N2O2/c41-37-21-19-31(27-39(37)25-29-11-3-1-4-12-29)23-33-15-7-9-17-35(33)36-18-10-8-16-34(36)24-32-20-22-38(42)40(28-32)26-30-13-5-2-6-14-30/h1-19,21,27-28H,20,22-26H2. The van der Waals surface area contributed by atoms with E-state index in [0.717, 1.165) is 36.0 Å². The van der Waals surface area contributed by atoms with Crippen LogP contribution >= 0.6 is 0 Å². The highest BCUT2D eigenvalue weighted by Crippen LogP contribution is 2.32. The third kappa shape index (κ3) is 6.50. The number of aromatic nitrogens is 1. The predicted octanol–water partition coefficient (Wildman–Crippen LogP) is 7.40. The number of pyridine rings is 1. The first-order valence-electron chi connectivity index (χ1n) is 14.5. The molecule has 2 heterocycles. The van der Waals surface area contributed by atoms with Gasteiger partial charge in [0.2, 0.25) is 5.91 Å². The molecule has 4 aromatic carbocycles. The maximum atomic E-state index is 12.7. The molecule has 4 heteroatoms. The van der Waals surface area contributed by atoms with E-state index in [0.29, 0.717) is 19.5 Å². The first-order valence-corrected chi connectivity index (χ1v) is 14.5. The van der Waals surface area contributed by atoms with Crippen LogP contribution < -0.4 is 5.56 Å². The Bertz CT molecular complexity index is 1770. The second-order valence-electron chi connectivity index (χ2n) is 11.0. The highest BCUT2D eigenvalue weighted by Gasteiger charge is 2.20. The van der Waals surface area contributed by atoms with Crippen molar-refractivity contribution in [1.82, 2.24) is 9.47 Å². The van der Waals surface area contributed by atoms with Gasteiger partial charge in [0.15, 0.2) is 0 Å². The zero-order valence-electron chi connectivity index (χ0n) is 23.7. The highest BCUT2D eigenvalue weighted by atomic mass is 16.2. The van der Waals surface area contributed by atoms with Crippen LogP contribution in [0.2, 0.25) is 0 Å². The number of carbonyl (C=O) groups excluding carboxylic acids is 1. The molecule has 0 spiro atoms. The summed E-state index contributed by atoms with van der Waals surface area (Å²) in [4.78, 5) is 27.2. The third-order valence-electron chi connectivity index (χ3n) is 7.89. The molecular weight excluding hydrogens is 516 g/mol. The largest absolute Gasteiger partial charge is 0.315 e. The van der Waals surface area contributed by atoms with Crippen LogP contribution in [0, 0.1) is 0 Å². The second-order valence-corrected chi connectivity index (χ2v) is 11.0. The Morgan fingerprint density at radius 1 is 0.524 bits per heavy atom. The molecule has 0 unspecified atom stereocenters. The molecule has 0 radical (unpaired) electrons. The molecular formula is C38H34N2O2. The first kappa shape index (κ1) is 27.2. The lowest BCUT2D eigenvalue weighted by molar-refractivity contribution is -0.129. The van der Waals surface area contributed by atoms with Gasteiger partial charge >= 0.3 is 0 Å². The van der Waals surface area contributed by atoms with E-state index in [-0.39, 0.29) is 11.5 Å². The number of rotatable bonds is 9. The Hall–Kier alpha value is -4.96. The van der Waals surface area contributed by atoms with Gasteiger partial charge in [-0.05, 0) is 63.8 Å². The molecule has 4 nitrogen and oxygen atoms in total. The van der Waals surface area contributed by atoms with Crippen LogP contribution in [0.15, 0.2) is 144 Å². The van der Waals surface area contributed by atoms with E-state index in [1.807, 2.05) is 65.7 Å². The molecule has 0 N–H and O–H groups in total. The summed E-state index contributed by atoms with van der Waals surface area (Å²) in [6.45, 7) is 1.15. The Balaban J connectivity index is 1.26. The van der Waals surface area contributed by atoms with Gasteiger partial charge in [-0.2, -0.15) is 0 Å². The van der Waals surface area contributed by atoms with E-state index in [1.165, 1.54) is 27.8 Å². The van der Waals surface area contributed by atoms with E-state index in [2.05, 4.69) is 66.9 Å². The predicted molar refractivity (Wildman–Crippen MR) is 169 cm³/mol. The monoisotopic (exact) mass is 550 g/mol. The minimum atomic E-state index is 0.00165. The molecule has 1 aliphatic heterocycles. The van der Waals surface area contributed by atoms with Crippen LogP contribution in [0.4, 0.5) is 0 Å². The van der Waals surface area contributed by atoms with Crippen molar-refractivity contribution in [3.8, 4) is 11.1 Å². The van der Waals surface area contributed by atoms with Crippen LogP contribution in [0.1, 0.15) is 40.7 Å². The second kappa shape index (κ2) is 12.7. The summed E-state index contributed by atoms with van der Waals surface area (Å²) in [5.74, 6) is 0.176. The Kier molecular flexibility index (Phi) is 8.23. The fourth-order valence-corrected chi connectivity index (χ4v) is 5.74. The number of allylic oxidation sites excluding steroid dienone is 1. The number of hydrogen-bond acceptors (Lipinski definition) is 2. The number of amides is 1. The average molecular weight is 551 g/mol. The third-order valence-corrected chi connectivity index (χ3v) is 7.89. The van der Waals surface area contributed by atoms with Crippen molar-refractivity contribution in [2.45, 2.75) is 38.8 Å². The quantitative estimate of drug-likeness (QED) is 0.192. The van der Waals surface area contributed by atoms with Crippen LogP contribution in [0.25, 0.3) is 11.1 Å². The highest BCUT2D eigenvalue weighted by molar-refractivity contribution is 5.79. The van der Waals surface area contributed by atoms with E-state index >= 15 is 0 Å². The van der Waals surface area contributed by atoms with Crippen molar-refractivity contribution < 1.29 is 4.79 Å². The minimum Gasteiger partial charge on any atom is -0.315 e. The normalized spacial score (nSPS) is 13.2. The summed E-state index contributed by atoms with van der Waals surface area (Å²) in [6, 6.07) is 41.0. The fourth-order valence-electron chi connectivity index (χ4n) is 5.74. The molecule has 0 saturated carbocycles. The molecule has 42 heavy (non-hydrogen) atoms. The van der Waals surface area contributed by atoms with Gasteiger partial charge in [0.1, 0.15) is 0 Å². The summed E-state index contributed by atoms with van der Waals surface area (Å²) in [5.41, 5.74) is 9.47. The van der Waals surface area contributed by atoms with Crippen molar-refractivity contribution in [3.63, 3.8) is 0 Å². The van der Waals surface area contributed by atoms with Gasteiger partial charge in [0, 0.05) is 24.9 Å². The van der Waals surface area contributed by atoms with Crippen molar-refractivity contribution >= 4 is 5.91 Å². The van der Waals surface area contributed by atoms with Gasteiger partial charge in [-0.1, -0.05) is 115 Å². The average Bonchev–Trinajstić information content (AvgIpc) is 3.02. The minimum absolute atomic E-state index is 0.00165. The fraction of sp³-hybridized carbons (Fsp3) is 0.158. The molecule has 0 aliphatic carbocycles. The molecule has 6 rings (SSSR count). The zero-order valence-corrected chi connectivity index (χ0v) is 23.7. The van der Waals surface area contributed by atoms with E-state index < -0.39 is 0 Å². The van der Waals surface area contributed by atoms with E-state index in [9.17, 15) is 9.59 Å². The van der Waals surface area contributed by atoms with Crippen LogP contribution in [0.5, 0.6) is 0 Å². The van der Waals surface area contributed by atoms with Crippen molar-refractivity contribution in [1.29, 1.82) is 0 Å². The maximum absolute atomic E-state index is 12.7. The lowest BCUT2D eigenvalue weighted by Gasteiger charge is -2.26. The number of hydrogen-bond donors (Lipinski definition) is 0. The molecule has 5 aromatic rings. The molecule has 0 saturated heterocycles. The maximum Gasteiger partial charge on any atom is 0.250 e. The number of nitrogens with zero attached hydrogens (tertiary/aromatic N) is 2. The molecule has 0 fully saturated rings. The summed E-state index contributed by atoms with van der Waals surface area (Å²) in [6.07, 6.45) is 6.90. The summed E-state index contributed by atoms with van der Waals surface area (Å²) < 4.78 is 1.79. The van der Waals surface area contributed by atoms with E-state index in [4.69, 9.17) is 0 Å². The lowest BCUT2D eigenvalue weighted by Crippen LogP contribution is -2.29. The summed E-state index contributed by atoms with van der Waals surface area (Å²) in [5, 5.41) is 0. The van der Waals surface area contributed by atoms with Crippen LogP contribution in [-0.4, -0.2) is 15.4 Å². The molecule has 1 aliphatic rings. The van der Waals surface area contributed by atoms with Crippen molar-refractivity contribution in [2.75, 3.05) is 0 Å². The Morgan fingerprint density at radius 2 is 1.10 bits per heavy atom. The van der Waals surface area contributed by atoms with Crippen LogP contribution in [0.3, 0.4) is 0 Å². The smallest absolute Gasteiger partial charge is 0.250 e. The Labute approximate surface area is 247 Å². The van der Waals surface area contributed by atoms with E-state index in [1.54, 1.807) is 10.6 Å².